The fraction of sp³-hybridized carbons (Fsp3) is 0.481. The first-order valence-electron chi connectivity index (χ1n) is 12.6. The molecule has 2 aliphatic rings. The molecule has 36 heavy (non-hydrogen) atoms. The molecule has 0 unspecified atom stereocenters. The van der Waals surface area contributed by atoms with Gasteiger partial charge in [0, 0.05) is 31.7 Å². The summed E-state index contributed by atoms with van der Waals surface area (Å²) in [4.78, 5) is 28.8. The Hall–Kier alpha value is -2.91. The topological polar surface area (TPSA) is 96.0 Å². The number of sulfonamides is 1. The molecule has 0 aliphatic carbocycles. The first-order valence-corrected chi connectivity index (χ1v) is 14.0. The Bertz CT molecular complexity index is 1170. The van der Waals surface area contributed by atoms with Gasteiger partial charge >= 0.3 is 0 Å². The Labute approximate surface area is 213 Å². The van der Waals surface area contributed by atoms with Crippen LogP contribution >= 0.6 is 0 Å². The molecule has 2 fully saturated rings. The molecule has 9 heteroatoms. The summed E-state index contributed by atoms with van der Waals surface area (Å²) < 4.78 is 33.0. The van der Waals surface area contributed by atoms with E-state index in [2.05, 4.69) is 5.32 Å². The molecule has 194 valence electrons. The van der Waals surface area contributed by atoms with Crippen LogP contribution in [0.5, 0.6) is 5.75 Å². The molecule has 2 aliphatic heterocycles. The van der Waals surface area contributed by atoms with Crippen LogP contribution in [0.4, 0.5) is 0 Å². The average Bonchev–Trinajstić information content (AvgIpc) is 2.92. The standard InChI is InChI=1S/C27H35N3O5S/c1-20-9-11-24(12-10-20)36(33,34)30-17-13-21(14-18-30)25(27(32)29-15-4-3-5-16-29)28-26(31)22-7-6-8-23(19-22)35-2/h6-12,19,21,25H,3-5,13-18H2,1-2H3,(H,28,31)/t25-/m0/s1. The lowest BCUT2D eigenvalue weighted by Gasteiger charge is -2.38. The first-order chi connectivity index (χ1) is 17.3. The fourth-order valence-corrected chi connectivity index (χ4v) is 6.46. The number of carbonyl (C=O) groups is 2. The second-order valence-electron chi connectivity index (χ2n) is 9.62. The van der Waals surface area contributed by atoms with Crippen molar-refractivity contribution >= 4 is 21.8 Å². The van der Waals surface area contributed by atoms with Crippen LogP contribution in [0.1, 0.15) is 48.0 Å². The molecule has 0 saturated carbocycles. The van der Waals surface area contributed by atoms with Crippen LogP contribution < -0.4 is 10.1 Å². The molecule has 8 nitrogen and oxygen atoms in total. The number of amides is 2. The lowest BCUT2D eigenvalue weighted by molar-refractivity contribution is -0.135. The largest absolute Gasteiger partial charge is 0.497 e. The summed E-state index contributed by atoms with van der Waals surface area (Å²) in [5.41, 5.74) is 1.42. The van der Waals surface area contributed by atoms with Crippen molar-refractivity contribution in [2.24, 2.45) is 5.92 Å². The number of hydrogen-bond donors (Lipinski definition) is 1. The number of aryl methyl sites for hydroxylation is 1. The predicted octanol–water partition coefficient (Wildman–Crippen LogP) is 3.22. The van der Waals surface area contributed by atoms with Gasteiger partial charge in [-0.2, -0.15) is 4.31 Å². The van der Waals surface area contributed by atoms with Crippen molar-refractivity contribution in [2.75, 3.05) is 33.3 Å². The van der Waals surface area contributed by atoms with Gasteiger partial charge in [0.2, 0.25) is 15.9 Å². The van der Waals surface area contributed by atoms with E-state index in [1.165, 1.54) is 11.4 Å². The van der Waals surface area contributed by atoms with Gasteiger partial charge in [-0.05, 0) is 75.3 Å². The van der Waals surface area contributed by atoms with E-state index in [0.29, 0.717) is 50.3 Å². The molecule has 1 N–H and O–H groups in total. The molecule has 4 rings (SSSR count). The molecule has 2 heterocycles. The van der Waals surface area contributed by atoms with Crippen molar-refractivity contribution in [2.45, 2.75) is 50.0 Å². The number of likely N-dealkylation sites (tertiary alicyclic amines) is 1. The number of rotatable bonds is 7. The summed E-state index contributed by atoms with van der Waals surface area (Å²) >= 11 is 0. The minimum absolute atomic E-state index is 0.0780. The molecule has 2 saturated heterocycles. The van der Waals surface area contributed by atoms with E-state index < -0.39 is 16.1 Å². The Morgan fingerprint density at radius 3 is 2.28 bits per heavy atom. The monoisotopic (exact) mass is 513 g/mol. The van der Waals surface area contributed by atoms with Crippen LogP contribution in [0.2, 0.25) is 0 Å². The molecule has 0 spiro atoms. The van der Waals surface area contributed by atoms with Crippen LogP contribution in [0.25, 0.3) is 0 Å². The highest BCUT2D eigenvalue weighted by molar-refractivity contribution is 7.89. The molecule has 0 bridgehead atoms. The van der Waals surface area contributed by atoms with E-state index in [-0.39, 0.29) is 22.6 Å². The normalized spacial score (nSPS) is 18.4. The number of nitrogens with one attached hydrogen (secondary N) is 1. The highest BCUT2D eigenvalue weighted by Crippen LogP contribution is 2.28. The smallest absolute Gasteiger partial charge is 0.252 e. The van der Waals surface area contributed by atoms with Crippen molar-refractivity contribution < 1.29 is 22.7 Å². The summed E-state index contributed by atoms with van der Waals surface area (Å²) in [7, 11) is -2.07. The molecular formula is C27H35N3O5S. The number of nitrogens with zero attached hydrogens (tertiary/aromatic N) is 2. The second-order valence-corrected chi connectivity index (χ2v) is 11.6. The third kappa shape index (κ3) is 5.90. The fourth-order valence-electron chi connectivity index (χ4n) is 4.99. The maximum Gasteiger partial charge on any atom is 0.252 e. The van der Waals surface area contributed by atoms with E-state index in [4.69, 9.17) is 4.74 Å². The molecule has 1 atom stereocenters. The van der Waals surface area contributed by atoms with Crippen molar-refractivity contribution in [1.82, 2.24) is 14.5 Å². The lowest BCUT2D eigenvalue weighted by Crippen LogP contribution is -2.55. The van der Waals surface area contributed by atoms with Gasteiger partial charge in [-0.3, -0.25) is 9.59 Å². The van der Waals surface area contributed by atoms with E-state index in [9.17, 15) is 18.0 Å². The highest BCUT2D eigenvalue weighted by Gasteiger charge is 2.38. The van der Waals surface area contributed by atoms with Crippen LogP contribution in [0, 0.1) is 12.8 Å². The van der Waals surface area contributed by atoms with Crippen molar-refractivity contribution in [1.29, 1.82) is 0 Å². The van der Waals surface area contributed by atoms with Gasteiger partial charge in [0.1, 0.15) is 11.8 Å². The Morgan fingerprint density at radius 2 is 1.64 bits per heavy atom. The molecule has 0 radical (unpaired) electrons. The van der Waals surface area contributed by atoms with Gasteiger partial charge in [-0.1, -0.05) is 23.8 Å². The van der Waals surface area contributed by atoms with Gasteiger partial charge in [0.15, 0.2) is 0 Å². The zero-order valence-electron chi connectivity index (χ0n) is 21.0. The highest BCUT2D eigenvalue weighted by atomic mass is 32.2. The van der Waals surface area contributed by atoms with Crippen LogP contribution in [0.3, 0.4) is 0 Å². The minimum atomic E-state index is -3.61. The molecule has 0 aromatic heterocycles. The lowest BCUT2D eigenvalue weighted by atomic mass is 9.88. The van der Waals surface area contributed by atoms with Gasteiger partial charge in [0.25, 0.3) is 5.91 Å². The van der Waals surface area contributed by atoms with Crippen LogP contribution in [0.15, 0.2) is 53.4 Å². The number of piperidine rings is 2. The van der Waals surface area contributed by atoms with Crippen molar-refractivity contribution in [3.8, 4) is 5.75 Å². The van der Waals surface area contributed by atoms with Crippen molar-refractivity contribution in [3.05, 3.63) is 59.7 Å². The maximum absolute atomic E-state index is 13.6. The predicted molar refractivity (Wildman–Crippen MR) is 137 cm³/mol. The van der Waals surface area contributed by atoms with Gasteiger partial charge in [0.05, 0.1) is 12.0 Å². The second kappa shape index (κ2) is 11.4. The number of ether oxygens (including phenoxy) is 1. The minimum Gasteiger partial charge on any atom is -0.497 e. The van der Waals surface area contributed by atoms with E-state index in [1.54, 1.807) is 48.5 Å². The summed E-state index contributed by atoms with van der Waals surface area (Å²) in [6, 6.07) is 13.0. The summed E-state index contributed by atoms with van der Waals surface area (Å²) in [5, 5.41) is 2.99. The number of benzene rings is 2. The third-order valence-corrected chi connectivity index (χ3v) is 9.09. The molecular weight excluding hydrogens is 478 g/mol. The van der Waals surface area contributed by atoms with Gasteiger partial charge in [-0.15, -0.1) is 0 Å². The molecule has 2 amide bonds. The number of methoxy groups -OCH3 is 1. The SMILES string of the molecule is COc1cccc(C(=O)N[C@H](C(=O)N2CCCCC2)C2CCN(S(=O)(=O)c3ccc(C)cc3)CC2)c1. The summed E-state index contributed by atoms with van der Waals surface area (Å²) in [5.74, 6) is -0.000571. The van der Waals surface area contributed by atoms with Crippen LogP contribution in [-0.2, 0) is 14.8 Å². The summed E-state index contributed by atoms with van der Waals surface area (Å²) in [6.07, 6.45) is 3.99. The quantitative estimate of drug-likeness (QED) is 0.613. The Kier molecular flexibility index (Phi) is 8.31. The van der Waals surface area contributed by atoms with E-state index >= 15 is 0 Å². The van der Waals surface area contributed by atoms with Gasteiger partial charge in [-0.25, -0.2) is 8.42 Å². The van der Waals surface area contributed by atoms with E-state index in [0.717, 1.165) is 24.8 Å². The van der Waals surface area contributed by atoms with Crippen molar-refractivity contribution in [3.63, 3.8) is 0 Å². The molecule has 2 aromatic rings. The Balaban J connectivity index is 1.50. The van der Waals surface area contributed by atoms with Gasteiger partial charge < -0.3 is 15.0 Å². The maximum atomic E-state index is 13.6. The average molecular weight is 514 g/mol. The van der Waals surface area contributed by atoms with Crippen LogP contribution in [-0.4, -0.2) is 68.8 Å². The number of hydrogen-bond acceptors (Lipinski definition) is 5. The summed E-state index contributed by atoms with van der Waals surface area (Å²) in [6.45, 7) is 3.90. The number of carbonyl (C=O) groups excluding carboxylic acids is 2. The zero-order valence-corrected chi connectivity index (χ0v) is 21.8. The third-order valence-electron chi connectivity index (χ3n) is 7.18. The first kappa shape index (κ1) is 26.2. The zero-order chi connectivity index (χ0) is 25.7. The van der Waals surface area contributed by atoms with E-state index in [1.807, 2.05) is 11.8 Å². The Morgan fingerprint density at radius 1 is 0.972 bits per heavy atom. The molecule has 2 aromatic carbocycles.